The summed E-state index contributed by atoms with van der Waals surface area (Å²) >= 11 is 0. The molecule has 192 valence electrons. The average molecular weight is 528 g/mol. The molecular weight excluding hydrogens is 504 g/mol. The fraction of sp³-hybridized carbons (Fsp3) is 0.333. The number of anilines is 2. The van der Waals surface area contributed by atoms with E-state index in [1.165, 1.54) is 6.07 Å². The molecule has 4 aromatic rings. The minimum atomic E-state index is -4.53. The number of hydrogen-bond donors (Lipinski definition) is 2. The van der Waals surface area contributed by atoms with Gasteiger partial charge in [-0.2, -0.15) is 18.4 Å². The molecule has 13 heteroatoms. The number of imidazole rings is 1. The maximum Gasteiger partial charge on any atom is 0.416 e. The Morgan fingerprint density at radius 2 is 1.89 bits per heavy atom. The van der Waals surface area contributed by atoms with E-state index in [1.807, 2.05) is 0 Å². The molecule has 3 N–H and O–H groups in total. The van der Waals surface area contributed by atoms with Crippen molar-refractivity contribution in [3.05, 3.63) is 53.6 Å². The summed E-state index contributed by atoms with van der Waals surface area (Å²) in [5.74, 6) is 0.840. The summed E-state index contributed by atoms with van der Waals surface area (Å²) in [6.07, 6.45) is 1.58. The van der Waals surface area contributed by atoms with Crippen LogP contribution in [0.15, 0.2) is 36.7 Å². The van der Waals surface area contributed by atoms with Gasteiger partial charge in [0.05, 0.1) is 22.3 Å². The van der Waals surface area contributed by atoms with Crippen LogP contribution in [-0.2, 0) is 10.7 Å². The molecule has 0 bridgehead atoms. The van der Waals surface area contributed by atoms with Gasteiger partial charge in [0.15, 0.2) is 11.8 Å². The standard InChI is InChI=1S/C24H24F3N8OP/c1-14(16-9-17(24(25,26)27)11-18(29)10-16)31-21-19-12-20(37(36)7-5-34(13-28)6-8-37)23-30-3-4-35(23)22(19)33-15(2)32-21/h3-4,9-12,14H,5-8,29H2,1-2H3,(H,31,32,33)/t14-/m1/s1. The lowest BCUT2D eigenvalue weighted by atomic mass is 10.0. The topological polar surface area (TPSA) is 125 Å². The van der Waals surface area contributed by atoms with E-state index >= 15 is 0 Å². The summed E-state index contributed by atoms with van der Waals surface area (Å²) in [5.41, 5.74) is 6.36. The lowest BCUT2D eigenvalue weighted by molar-refractivity contribution is -0.137. The first-order valence-corrected chi connectivity index (χ1v) is 13.7. The number of pyridine rings is 1. The lowest BCUT2D eigenvalue weighted by Crippen LogP contribution is -2.34. The summed E-state index contributed by atoms with van der Waals surface area (Å²) in [6.45, 7) is 4.22. The normalized spacial score (nSPS) is 16.6. The van der Waals surface area contributed by atoms with Gasteiger partial charge in [0.25, 0.3) is 0 Å². The van der Waals surface area contributed by atoms with Crippen molar-refractivity contribution in [1.82, 2.24) is 24.3 Å². The van der Waals surface area contributed by atoms with Gasteiger partial charge >= 0.3 is 6.18 Å². The summed E-state index contributed by atoms with van der Waals surface area (Å²) < 4.78 is 55.9. The van der Waals surface area contributed by atoms with Gasteiger partial charge in [0, 0.05) is 43.5 Å². The molecule has 1 saturated heterocycles. The molecule has 1 aromatic carbocycles. The minimum absolute atomic E-state index is 0.00594. The molecule has 9 nitrogen and oxygen atoms in total. The van der Waals surface area contributed by atoms with Crippen molar-refractivity contribution in [1.29, 1.82) is 5.26 Å². The number of nitriles is 1. The molecular formula is C24H24F3N8OP. The number of aromatic nitrogens is 4. The van der Waals surface area contributed by atoms with Gasteiger partial charge in [-0.15, -0.1) is 0 Å². The fourth-order valence-electron chi connectivity index (χ4n) is 4.67. The first-order valence-electron chi connectivity index (χ1n) is 11.6. The molecule has 0 unspecified atom stereocenters. The van der Waals surface area contributed by atoms with Crippen LogP contribution in [0.2, 0.25) is 0 Å². The van der Waals surface area contributed by atoms with Crippen molar-refractivity contribution in [2.24, 2.45) is 0 Å². The van der Waals surface area contributed by atoms with Crippen LogP contribution in [0, 0.1) is 18.4 Å². The number of fused-ring (bicyclic) bond motifs is 3. The molecule has 0 amide bonds. The van der Waals surface area contributed by atoms with Crippen molar-refractivity contribution >= 4 is 40.6 Å². The number of alkyl halides is 3. The van der Waals surface area contributed by atoms with E-state index in [0.29, 0.717) is 64.6 Å². The van der Waals surface area contributed by atoms with Gasteiger partial charge in [0.1, 0.15) is 24.4 Å². The summed E-state index contributed by atoms with van der Waals surface area (Å²) in [5, 5.41) is 13.6. The Labute approximate surface area is 210 Å². The lowest BCUT2D eigenvalue weighted by Gasteiger charge is -2.29. The maximum absolute atomic E-state index is 14.1. The maximum atomic E-state index is 14.1. The molecule has 3 aromatic heterocycles. The van der Waals surface area contributed by atoms with Gasteiger partial charge in [-0.25, -0.2) is 15.0 Å². The second-order valence-electron chi connectivity index (χ2n) is 9.18. The van der Waals surface area contributed by atoms with Crippen molar-refractivity contribution in [2.75, 3.05) is 36.5 Å². The smallest absolute Gasteiger partial charge is 0.399 e. The predicted molar refractivity (Wildman–Crippen MR) is 135 cm³/mol. The Bertz CT molecular complexity index is 1600. The molecule has 37 heavy (non-hydrogen) atoms. The Balaban J connectivity index is 1.62. The van der Waals surface area contributed by atoms with E-state index in [1.54, 1.807) is 41.6 Å². The van der Waals surface area contributed by atoms with E-state index in [-0.39, 0.29) is 5.69 Å². The first kappa shape index (κ1) is 24.8. The van der Waals surface area contributed by atoms with E-state index < -0.39 is 24.9 Å². The zero-order valence-electron chi connectivity index (χ0n) is 20.1. The van der Waals surface area contributed by atoms with Crippen molar-refractivity contribution in [3.8, 4) is 6.19 Å². The Kier molecular flexibility index (Phi) is 5.99. The number of nitrogens with one attached hydrogen (secondary N) is 1. The quantitative estimate of drug-likeness (QED) is 0.230. The third-order valence-corrected chi connectivity index (χ3v) is 9.67. The van der Waals surface area contributed by atoms with E-state index in [9.17, 15) is 23.0 Å². The second-order valence-corrected chi connectivity index (χ2v) is 12.3. The molecule has 0 radical (unpaired) electrons. The Hall–Kier alpha value is -3.84. The van der Waals surface area contributed by atoms with Crippen LogP contribution in [0.4, 0.5) is 24.7 Å². The van der Waals surface area contributed by atoms with Crippen molar-refractivity contribution in [2.45, 2.75) is 26.1 Å². The molecule has 1 aliphatic rings. The molecule has 1 aliphatic heterocycles. The van der Waals surface area contributed by atoms with Crippen molar-refractivity contribution in [3.63, 3.8) is 0 Å². The SMILES string of the molecule is Cc1nc(N[C@H](C)c2cc(N)cc(C(F)(F)F)c2)c2cc(P3(=O)CCN(C#N)CC3)c3nccn3c2n1. The van der Waals surface area contributed by atoms with Gasteiger partial charge in [0.2, 0.25) is 0 Å². The molecule has 4 heterocycles. The predicted octanol–water partition coefficient (Wildman–Crippen LogP) is 4.15. The highest BCUT2D eigenvalue weighted by Gasteiger charge is 2.34. The van der Waals surface area contributed by atoms with Crippen LogP contribution in [0.3, 0.4) is 0 Å². The highest BCUT2D eigenvalue weighted by molar-refractivity contribution is 7.72. The molecule has 1 atom stereocenters. The third kappa shape index (κ3) is 4.55. The van der Waals surface area contributed by atoms with Crippen LogP contribution < -0.4 is 16.4 Å². The number of nitrogen functional groups attached to an aromatic ring is 1. The van der Waals surface area contributed by atoms with Gasteiger partial charge in [-0.1, -0.05) is 0 Å². The number of halogens is 3. The monoisotopic (exact) mass is 528 g/mol. The largest absolute Gasteiger partial charge is 0.416 e. The first-order chi connectivity index (χ1) is 17.5. The van der Waals surface area contributed by atoms with E-state index in [2.05, 4.69) is 26.5 Å². The number of benzene rings is 1. The zero-order valence-corrected chi connectivity index (χ0v) is 21.0. The molecule has 0 aliphatic carbocycles. The van der Waals surface area contributed by atoms with Crippen LogP contribution in [0.25, 0.3) is 16.7 Å². The minimum Gasteiger partial charge on any atom is -0.399 e. The van der Waals surface area contributed by atoms with E-state index in [0.717, 1.165) is 12.1 Å². The number of nitrogens with zero attached hydrogens (tertiary/aromatic N) is 6. The van der Waals surface area contributed by atoms with Crippen molar-refractivity contribution < 1.29 is 17.7 Å². The Morgan fingerprint density at radius 3 is 2.57 bits per heavy atom. The molecule has 0 spiro atoms. The van der Waals surface area contributed by atoms with Crippen LogP contribution in [0.5, 0.6) is 0 Å². The van der Waals surface area contributed by atoms with E-state index in [4.69, 9.17) is 5.73 Å². The average Bonchev–Trinajstić information content (AvgIpc) is 3.33. The van der Waals surface area contributed by atoms with Gasteiger partial charge in [-0.05, 0) is 43.7 Å². The number of hydrogen-bond acceptors (Lipinski definition) is 8. The highest BCUT2D eigenvalue weighted by atomic mass is 31.2. The highest BCUT2D eigenvalue weighted by Crippen LogP contribution is 2.48. The van der Waals surface area contributed by atoms with Crippen LogP contribution >= 0.6 is 7.14 Å². The summed E-state index contributed by atoms with van der Waals surface area (Å²) in [6, 6.07) is 4.64. The van der Waals surface area contributed by atoms with Gasteiger partial charge in [-0.3, -0.25) is 4.40 Å². The summed E-state index contributed by atoms with van der Waals surface area (Å²) in [7, 11) is -2.89. The molecule has 0 saturated carbocycles. The number of nitrogens with two attached hydrogens (primary N) is 1. The van der Waals surface area contributed by atoms with Gasteiger partial charge < -0.3 is 20.5 Å². The molecule has 1 fully saturated rings. The third-order valence-electron chi connectivity index (χ3n) is 6.62. The van der Waals surface area contributed by atoms with Crippen LogP contribution in [0.1, 0.15) is 29.9 Å². The number of aryl methyl sites for hydroxylation is 1. The molecule has 5 rings (SSSR count). The number of rotatable bonds is 4. The zero-order chi connectivity index (χ0) is 26.5. The fourth-order valence-corrected chi connectivity index (χ4v) is 7.39. The second kappa shape index (κ2) is 8.92. The Morgan fingerprint density at radius 1 is 1.16 bits per heavy atom. The summed E-state index contributed by atoms with van der Waals surface area (Å²) in [4.78, 5) is 15.1. The van der Waals surface area contributed by atoms with Crippen LogP contribution in [-0.4, -0.2) is 49.7 Å².